The van der Waals surface area contributed by atoms with Gasteiger partial charge in [0.05, 0.1) is 0 Å². The van der Waals surface area contributed by atoms with Crippen molar-refractivity contribution >= 4 is 7.82 Å². The molecule has 0 saturated carbocycles. The average molecular weight is 390 g/mol. The molecule has 2 rings (SSSR count). The van der Waals surface area contributed by atoms with Crippen molar-refractivity contribution in [2.75, 3.05) is 0 Å². The minimum atomic E-state index is -4.35. The lowest BCUT2D eigenvalue weighted by molar-refractivity contribution is 0.287. The van der Waals surface area contributed by atoms with E-state index in [9.17, 15) is 9.46 Å². The zero-order valence-corrected chi connectivity index (χ0v) is 18.5. The molecule has 4 nitrogen and oxygen atoms in total. The van der Waals surface area contributed by atoms with Gasteiger partial charge < -0.3 is 9.05 Å². The van der Waals surface area contributed by atoms with Crippen LogP contribution in [0.1, 0.15) is 63.8 Å². The fraction of sp³-hybridized carbons (Fsp3) is 0.455. The molecule has 0 spiro atoms. The van der Waals surface area contributed by atoms with E-state index in [0.717, 1.165) is 22.3 Å². The summed E-state index contributed by atoms with van der Waals surface area (Å²) in [4.78, 5) is 10.4. The monoisotopic (exact) mass is 390 g/mol. The molecular formula is C22H31O4P. The average Bonchev–Trinajstić information content (AvgIpc) is 2.49. The number of aryl methyl sites for hydroxylation is 1. The van der Waals surface area contributed by atoms with E-state index < -0.39 is 7.82 Å². The molecule has 1 unspecified atom stereocenters. The Bertz CT molecular complexity index is 873. The van der Waals surface area contributed by atoms with E-state index in [0.29, 0.717) is 11.5 Å². The number of hydrogen-bond acceptors (Lipinski definition) is 3. The second-order valence-corrected chi connectivity index (χ2v) is 10.3. The Morgan fingerprint density at radius 2 is 1.33 bits per heavy atom. The van der Waals surface area contributed by atoms with Crippen LogP contribution in [-0.2, 0) is 15.4 Å². The van der Waals surface area contributed by atoms with E-state index in [-0.39, 0.29) is 10.8 Å². The van der Waals surface area contributed by atoms with Gasteiger partial charge in [-0.15, -0.1) is 0 Å². The molecule has 0 saturated heterocycles. The van der Waals surface area contributed by atoms with E-state index in [4.69, 9.17) is 9.05 Å². The lowest BCUT2D eigenvalue weighted by Gasteiger charge is -2.32. The van der Waals surface area contributed by atoms with Gasteiger partial charge in [0.2, 0.25) is 0 Å². The Morgan fingerprint density at radius 3 is 1.89 bits per heavy atom. The van der Waals surface area contributed by atoms with Gasteiger partial charge in [-0.2, -0.15) is 0 Å². The SMILES string of the molecule is Cc1cccc(OP(=O)(O)Oc2cccc(C(C)(C)C)c2C(C)(C)C)c1C. The third kappa shape index (κ3) is 5.15. The van der Waals surface area contributed by atoms with Crippen LogP contribution in [0.2, 0.25) is 0 Å². The van der Waals surface area contributed by atoms with E-state index in [2.05, 4.69) is 41.5 Å². The summed E-state index contributed by atoms with van der Waals surface area (Å²) in [6.45, 7) is 16.3. The maximum Gasteiger partial charge on any atom is 0.584 e. The summed E-state index contributed by atoms with van der Waals surface area (Å²) in [5, 5.41) is 0. The molecule has 0 aliphatic rings. The van der Waals surface area contributed by atoms with E-state index in [1.165, 1.54) is 0 Å². The maximum atomic E-state index is 12.8. The Morgan fingerprint density at radius 1 is 0.815 bits per heavy atom. The molecule has 0 radical (unpaired) electrons. The normalized spacial score (nSPS) is 14.6. The molecule has 0 aliphatic heterocycles. The maximum absolute atomic E-state index is 12.8. The molecule has 0 heterocycles. The molecule has 5 heteroatoms. The van der Waals surface area contributed by atoms with Gasteiger partial charge >= 0.3 is 7.82 Å². The van der Waals surface area contributed by atoms with Crippen LogP contribution < -0.4 is 9.05 Å². The van der Waals surface area contributed by atoms with Crippen LogP contribution in [-0.4, -0.2) is 4.89 Å². The van der Waals surface area contributed by atoms with Gasteiger partial charge in [0, 0.05) is 5.56 Å². The quantitative estimate of drug-likeness (QED) is 0.609. The van der Waals surface area contributed by atoms with Crippen molar-refractivity contribution < 1.29 is 18.5 Å². The molecular weight excluding hydrogens is 359 g/mol. The highest BCUT2D eigenvalue weighted by Crippen LogP contribution is 2.49. The van der Waals surface area contributed by atoms with Gasteiger partial charge in [-0.1, -0.05) is 65.8 Å². The van der Waals surface area contributed by atoms with E-state index in [1.807, 2.05) is 32.0 Å². The fourth-order valence-electron chi connectivity index (χ4n) is 3.10. The molecule has 2 aromatic carbocycles. The number of phosphoric acid groups is 1. The van der Waals surface area contributed by atoms with E-state index in [1.54, 1.807) is 18.2 Å². The molecule has 0 aromatic heterocycles. The van der Waals surface area contributed by atoms with Crippen molar-refractivity contribution in [1.29, 1.82) is 0 Å². The third-order valence-corrected chi connectivity index (χ3v) is 5.42. The van der Waals surface area contributed by atoms with Crippen molar-refractivity contribution in [2.24, 2.45) is 0 Å². The zero-order valence-electron chi connectivity index (χ0n) is 17.6. The molecule has 148 valence electrons. The molecule has 1 atom stereocenters. The predicted octanol–water partition coefficient (Wildman–Crippen LogP) is 6.46. The lowest BCUT2D eigenvalue weighted by Crippen LogP contribution is -2.23. The number of benzene rings is 2. The smallest absolute Gasteiger partial charge is 0.395 e. The number of hydrogen-bond donors (Lipinski definition) is 1. The second-order valence-electron chi connectivity index (χ2n) is 9.03. The molecule has 27 heavy (non-hydrogen) atoms. The van der Waals surface area contributed by atoms with E-state index >= 15 is 0 Å². The van der Waals surface area contributed by atoms with Gasteiger partial charge in [-0.25, -0.2) is 4.57 Å². The topological polar surface area (TPSA) is 55.8 Å². The van der Waals surface area contributed by atoms with Crippen LogP contribution >= 0.6 is 7.82 Å². The summed E-state index contributed by atoms with van der Waals surface area (Å²) in [5.41, 5.74) is 3.40. The highest BCUT2D eigenvalue weighted by molar-refractivity contribution is 7.48. The first-order valence-corrected chi connectivity index (χ1v) is 10.6. The molecule has 1 N–H and O–H groups in total. The van der Waals surface area contributed by atoms with Gasteiger partial charge in [-0.3, -0.25) is 4.89 Å². The van der Waals surface area contributed by atoms with Crippen LogP contribution in [0.15, 0.2) is 36.4 Å². The standard InChI is InChI=1S/C22H31O4P/c1-15-11-9-13-18(16(15)2)25-27(23,24)26-19-14-10-12-17(21(3,4)5)20(19)22(6,7)8/h9-14H,1-8H3,(H,23,24). The van der Waals surface area contributed by atoms with Crippen LogP contribution in [0.4, 0.5) is 0 Å². The highest BCUT2D eigenvalue weighted by atomic mass is 31.2. The van der Waals surface area contributed by atoms with Crippen molar-refractivity contribution in [2.45, 2.75) is 66.2 Å². The minimum Gasteiger partial charge on any atom is -0.395 e. The van der Waals surface area contributed by atoms with Crippen molar-refractivity contribution in [3.8, 4) is 11.5 Å². The van der Waals surface area contributed by atoms with Gasteiger partial charge in [-0.05, 0) is 53.5 Å². The lowest BCUT2D eigenvalue weighted by atomic mass is 9.75. The first-order chi connectivity index (χ1) is 12.2. The zero-order chi connectivity index (χ0) is 20.6. The van der Waals surface area contributed by atoms with Crippen LogP contribution in [0.3, 0.4) is 0 Å². The fourth-order valence-corrected chi connectivity index (χ4v) is 3.98. The minimum absolute atomic E-state index is 0.130. The molecule has 2 aromatic rings. The van der Waals surface area contributed by atoms with Crippen LogP contribution in [0, 0.1) is 13.8 Å². The molecule has 0 fully saturated rings. The van der Waals surface area contributed by atoms with Crippen molar-refractivity contribution in [1.82, 2.24) is 0 Å². The summed E-state index contributed by atoms with van der Waals surface area (Å²) >= 11 is 0. The van der Waals surface area contributed by atoms with Crippen LogP contribution in [0.5, 0.6) is 11.5 Å². The summed E-state index contributed by atoms with van der Waals surface area (Å²) < 4.78 is 23.7. The number of rotatable bonds is 4. The Hall–Kier alpha value is -1.77. The first-order valence-electron chi connectivity index (χ1n) is 9.14. The Kier molecular flexibility index (Phi) is 5.85. The summed E-state index contributed by atoms with van der Waals surface area (Å²) in [6.07, 6.45) is 0. The Labute approximate surface area is 163 Å². The largest absolute Gasteiger partial charge is 0.584 e. The van der Waals surface area contributed by atoms with Crippen molar-refractivity contribution in [3.63, 3.8) is 0 Å². The predicted molar refractivity (Wildman–Crippen MR) is 111 cm³/mol. The third-order valence-electron chi connectivity index (χ3n) is 4.57. The first kappa shape index (κ1) is 21.5. The van der Waals surface area contributed by atoms with Crippen molar-refractivity contribution in [3.05, 3.63) is 58.7 Å². The summed E-state index contributed by atoms with van der Waals surface area (Å²) in [7, 11) is -4.35. The summed E-state index contributed by atoms with van der Waals surface area (Å²) in [5.74, 6) is 0.733. The second kappa shape index (κ2) is 7.33. The summed E-state index contributed by atoms with van der Waals surface area (Å²) in [6, 6.07) is 11.0. The van der Waals surface area contributed by atoms with Gasteiger partial charge in [0.15, 0.2) is 0 Å². The van der Waals surface area contributed by atoms with Crippen LogP contribution in [0.25, 0.3) is 0 Å². The molecule has 0 bridgehead atoms. The Balaban J connectivity index is 2.47. The number of phosphoric ester groups is 1. The molecule has 0 aliphatic carbocycles. The molecule has 0 amide bonds. The van der Waals surface area contributed by atoms with Gasteiger partial charge in [0.25, 0.3) is 0 Å². The highest BCUT2D eigenvalue weighted by Gasteiger charge is 2.33. The van der Waals surface area contributed by atoms with Gasteiger partial charge in [0.1, 0.15) is 11.5 Å².